The predicted octanol–water partition coefficient (Wildman–Crippen LogP) is 1.91. The van der Waals surface area contributed by atoms with Gasteiger partial charge in [-0.05, 0) is 37.6 Å². The van der Waals surface area contributed by atoms with Gasteiger partial charge >= 0.3 is 0 Å². The van der Waals surface area contributed by atoms with Crippen LogP contribution in [0.4, 0.5) is 0 Å². The van der Waals surface area contributed by atoms with Gasteiger partial charge in [0, 0.05) is 6.20 Å². The summed E-state index contributed by atoms with van der Waals surface area (Å²) in [6.45, 7) is 3.37. The highest BCUT2D eigenvalue weighted by Crippen LogP contribution is 2.08. The Morgan fingerprint density at radius 2 is 2.23 bits per heavy atom. The van der Waals surface area contributed by atoms with Gasteiger partial charge in [0.15, 0.2) is 0 Å². The molecule has 0 saturated carbocycles. The maximum atomic E-state index is 9.39. The van der Waals surface area contributed by atoms with Crippen molar-refractivity contribution in [2.24, 2.45) is 0 Å². The molecule has 3 nitrogen and oxygen atoms in total. The molecule has 1 N–H and O–H groups in total. The van der Waals surface area contributed by atoms with Crippen LogP contribution in [0.5, 0.6) is 0 Å². The standard InChI is InChI=1S/C9H11ClN2O/c1-9(2,13)5-3-7-4-6-11-8(10)12-7/h3-6,13H,1-2H3. The van der Waals surface area contributed by atoms with Crippen LogP contribution >= 0.6 is 11.6 Å². The summed E-state index contributed by atoms with van der Waals surface area (Å²) in [6, 6.07) is 1.72. The van der Waals surface area contributed by atoms with E-state index in [0.29, 0.717) is 5.69 Å². The van der Waals surface area contributed by atoms with Crippen molar-refractivity contribution in [1.29, 1.82) is 0 Å². The van der Waals surface area contributed by atoms with Crippen LogP contribution in [0.25, 0.3) is 6.08 Å². The maximum absolute atomic E-state index is 9.39. The van der Waals surface area contributed by atoms with E-state index in [-0.39, 0.29) is 5.28 Å². The van der Waals surface area contributed by atoms with Gasteiger partial charge in [-0.1, -0.05) is 6.08 Å². The first kappa shape index (κ1) is 10.2. The van der Waals surface area contributed by atoms with Crippen molar-refractivity contribution >= 4 is 17.7 Å². The molecule has 0 unspecified atom stereocenters. The van der Waals surface area contributed by atoms with Crippen molar-refractivity contribution in [3.8, 4) is 0 Å². The third-order valence-corrected chi connectivity index (χ3v) is 1.49. The largest absolute Gasteiger partial charge is 0.386 e. The van der Waals surface area contributed by atoms with E-state index in [2.05, 4.69) is 9.97 Å². The fourth-order valence-corrected chi connectivity index (χ4v) is 0.884. The number of aromatic nitrogens is 2. The van der Waals surface area contributed by atoms with Gasteiger partial charge in [0.2, 0.25) is 5.28 Å². The van der Waals surface area contributed by atoms with Gasteiger partial charge in [-0.3, -0.25) is 0 Å². The van der Waals surface area contributed by atoms with Crippen molar-refractivity contribution in [2.45, 2.75) is 19.4 Å². The van der Waals surface area contributed by atoms with E-state index in [1.54, 1.807) is 38.3 Å². The Bertz CT molecular complexity index is 318. The van der Waals surface area contributed by atoms with Gasteiger partial charge in [-0.2, -0.15) is 0 Å². The van der Waals surface area contributed by atoms with E-state index in [9.17, 15) is 5.11 Å². The molecule has 0 saturated heterocycles. The lowest BCUT2D eigenvalue weighted by molar-refractivity contribution is 0.134. The minimum atomic E-state index is -0.836. The minimum absolute atomic E-state index is 0.206. The Hall–Kier alpha value is -0.930. The zero-order valence-electron chi connectivity index (χ0n) is 7.53. The molecule has 1 aromatic heterocycles. The van der Waals surface area contributed by atoms with Crippen LogP contribution in [0.3, 0.4) is 0 Å². The first-order valence-corrected chi connectivity index (χ1v) is 4.25. The molecule has 0 aliphatic rings. The second-order valence-corrected chi connectivity index (χ2v) is 3.58. The van der Waals surface area contributed by atoms with E-state index in [1.807, 2.05) is 0 Å². The highest BCUT2D eigenvalue weighted by atomic mass is 35.5. The van der Waals surface area contributed by atoms with Gasteiger partial charge < -0.3 is 5.11 Å². The lowest BCUT2D eigenvalue weighted by Crippen LogP contribution is -2.13. The van der Waals surface area contributed by atoms with E-state index in [4.69, 9.17) is 11.6 Å². The Kier molecular flexibility index (Phi) is 3.01. The molecule has 0 amide bonds. The van der Waals surface area contributed by atoms with Crippen LogP contribution in [0.1, 0.15) is 19.5 Å². The molecular weight excluding hydrogens is 188 g/mol. The van der Waals surface area contributed by atoms with Crippen molar-refractivity contribution in [1.82, 2.24) is 9.97 Å². The average Bonchev–Trinajstić information content (AvgIpc) is 2.00. The number of rotatable bonds is 2. The van der Waals surface area contributed by atoms with Crippen LogP contribution in [-0.4, -0.2) is 20.7 Å². The van der Waals surface area contributed by atoms with E-state index in [1.165, 1.54) is 0 Å². The molecule has 0 aromatic carbocycles. The molecular formula is C9H11ClN2O. The smallest absolute Gasteiger partial charge is 0.222 e. The maximum Gasteiger partial charge on any atom is 0.222 e. The van der Waals surface area contributed by atoms with E-state index >= 15 is 0 Å². The molecule has 0 spiro atoms. The summed E-state index contributed by atoms with van der Waals surface area (Å²) in [4.78, 5) is 7.67. The summed E-state index contributed by atoms with van der Waals surface area (Å²) in [5.41, 5.74) is -0.153. The summed E-state index contributed by atoms with van der Waals surface area (Å²) < 4.78 is 0. The van der Waals surface area contributed by atoms with E-state index < -0.39 is 5.60 Å². The Balaban J connectivity index is 2.80. The second kappa shape index (κ2) is 3.85. The summed E-state index contributed by atoms with van der Waals surface area (Å²) in [5.74, 6) is 0. The molecule has 0 aliphatic carbocycles. The van der Waals surface area contributed by atoms with Crippen molar-refractivity contribution in [3.63, 3.8) is 0 Å². The summed E-state index contributed by atoms with van der Waals surface area (Å²) in [7, 11) is 0. The van der Waals surface area contributed by atoms with Gasteiger partial charge in [-0.25, -0.2) is 9.97 Å². The molecule has 70 valence electrons. The Morgan fingerprint density at radius 1 is 1.54 bits per heavy atom. The molecule has 0 bridgehead atoms. The molecule has 13 heavy (non-hydrogen) atoms. The number of hydrogen-bond acceptors (Lipinski definition) is 3. The van der Waals surface area contributed by atoms with Crippen LogP contribution in [-0.2, 0) is 0 Å². The molecule has 1 heterocycles. The molecule has 0 atom stereocenters. The molecule has 0 aliphatic heterocycles. The lowest BCUT2D eigenvalue weighted by atomic mass is 10.1. The molecule has 1 rings (SSSR count). The van der Waals surface area contributed by atoms with Gasteiger partial charge in [0.25, 0.3) is 0 Å². The lowest BCUT2D eigenvalue weighted by Gasteiger charge is -2.09. The number of aliphatic hydroxyl groups is 1. The SMILES string of the molecule is CC(C)(O)C=Cc1ccnc(Cl)n1. The molecule has 0 fully saturated rings. The van der Waals surface area contributed by atoms with Gasteiger partial charge in [-0.15, -0.1) is 0 Å². The highest BCUT2D eigenvalue weighted by molar-refractivity contribution is 6.28. The summed E-state index contributed by atoms with van der Waals surface area (Å²) >= 11 is 5.58. The monoisotopic (exact) mass is 198 g/mol. The average molecular weight is 199 g/mol. The minimum Gasteiger partial charge on any atom is -0.386 e. The zero-order valence-corrected chi connectivity index (χ0v) is 8.28. The highest BCUT2D eigenvalue weighted by Gasteiger charge is 2.05. The zero-order chi connectivity index (χ0) is 9.90. The number of hydrogen-bond donors (Lipinski definition) is 1. The predicted molar refractivity (Wildman–Crippen MR) is 52.4 cm³/mol. The molecule has 0 radical (unpaired) electrons. The van der Waals surface area contributed by atoms with Crippen molar-refractivity contribution in [3.05, 3.63) is 29.3 Å². The third kappa shape index (κ3) is 4.01. The fraction of sp³-hybridized carbons (Fsp3) is 0.333. The second-order valence-electron chi connectivity index (χ2n) is 3.24. The van der Waals surface area contributed by atoms with Crippen LogP contribution < -0.4 is 0 Å². The Labute approximate surface area is 82.1 Å². The molecule has 1 aromatic rings. The van der Waals surface area contributed by atoms with Gasteiger partial charge in [0.1, 0.15) is 0 Å². The molecule has 4 heteroatoms. The van der Waals surface area contributed by atoms with Crippen molar-refractivity contribution in [2.75, 3.05) is 0 Å². The first-order valence-electron chi connectivity index (χ1n) is 3.87. The normalized spacial score (nSPS) is 12.3. The topological polar surface area (TPSA) is 46.0 Å². The Morgan fingerprint density at radius 3 is 2.77 bits per heavy atom. The van der Waals surface area contributed by atoms with Gasteiger partial charge in [0.05, 0.1) is 11.3 Å². The third-order valence-electron chi connectivity index (χ3n) is 1.31. The fourth-order valence-electron chi connectivity index (χ4n) is 0.730. The summed E-state index contributed by atoms with van der Waals surface area (Å²) in [6.07, 6.45) is 4.92. The number of halogens is 1. The number of nitrogens with zero attached hydrogens (tertiary/aromatic N) is 2. The first-order chi connectivity index (χ1) is 5.97. The van der Waals surface area contributed by atoms with Crippen LogP contribution in [0.2, 0.25) is 5.28 Å². The van der Waals surface area contributed by atoms with E-state index in [0.717, 1.165) is 0 Å². The van der Waals surface area contributed by atoms with Crippen molar-refractivity contribution < 1.29 is 5.11 Å². The van der Waals surface area contributed by atoms with Crippen LogP contribution in [0, 0.1) is 0 Å². The van der Waals surface area contributed by atoms with Crippen LogP contribution in [0.15, 0.2) is 18.3 Å². The quantitative estimate of drug-likeness (QED) is 0.739. The summed E-state index contributed by atoms with van der Waals surface area (Å²) in [5, 5.41) is 9.59.